The summed E-state index contributed by atoms with van der Waals surface area (Å²) in [6, 6.07) is 17.1. The van der Waals surface area contributed by atoms with Gasteiger partial charge in [-0.3, -0.25) is 4.31 Å². The highest BCUT2D eigenvalue weighted by molar-refractivity contribution is 7.92. The maximum atomic E-state index is 13.0. The molecule has 0 aliphatic heterocycles. The van der Waals surface area contributed by atoms with Crippen LogP contribution in [0.25, 0.3) is 0 Å². The molecule has 0 heterocycles. The van der Waals surface area contributed by atoms with Crippen molar-refractivity contribution < 1.29 is 30.8 Å². The van der Waals surface area contributed by atoms with Gasteiger partial charge in [0.25, 0.3) is 10.0 Å². The van der Waals surface area contributed by atoms with Crippen molar-refractivity contribution in [1.29, 1.82) is 0 Å². The van der Waals surface area contributed by atoms with E-state index < -0.39 is 16.1 Å². The van der Waals surface area contributed by atoms with Gasteiger partial charge in [-0.2, -0.15) is 0 Å². The van der Waals surface area contributed by atoms with Gasteiger partial charge in [-0.25, -0.2) is 8.42 Å². The number of hydrogen-bond donors (Lipinski definition) is 2. The molecule has 2 aromatic rings. The number of benzene rings is 2. The first-order chi connectivity index (χ1) is 10.9. The zero-order valence-electron chi connectivity index (χ0n) is 13.8. The van der Waals surface area contributed by atoms with Crippen LogP contribution >= 0.6 is 0 Å². The average Bonchev–Trinajstić information content (AvgIpc) is 2.53. The van der Waals surface area contributed by atoms with Crippen LogP contribution in [0.15, 0.2) is 65.6 Å². The quantitative estimate of drug-likeness (QED) is 0.561. The maximum Gasteiger partial charge on any atom is 0.264 e. The van der Waals surface area contributed by atoms with E-state index in [1.807, 2.05) is 20.2 Å². The Labute approximate surface area is 150 Å². The first-order valence-corrected chi connectivity index (χ1v) is 8.95. The fraction of sp³-hybridized carbons (Fsp3) is 0.294. The summed E-state index contributed by atoms with van der Waals surface area (Å²) in [5.74, 6) is 0. The summed E-state index contributed by atoms with van der Waals surface area (Å²) in [7, 11) is 0.116. The van der Waals surface area contributed by atoms with Crippen molar-refractivity contribution in [1.82, 2.24) is 0 Å². The van der Waals surface area contributed by atoms with Gasteiger partial charge < -0.3 is 22.4 Å². The summed E-state index contributed by atoms with van der Waals surface area (Å²) in [4.78, 5) is 1.27. The standard InChI is InChI=1S/C17H22N2O3S.ClH/c1-18(2)13-16(20)14-19(15-9-5-3-6-10-15)23(21,22)17-11-7-4-8-12-17;/h3-12,16,20H,13-14H2,1-2H3;1H. The van der Waals surface area contributed by atoms with E-state index in [2.05, 4.69) is 0 Å². The monoisotopic (exact) mass is 370 g/mol. The highest BCUT2D eigenvalue weighted by Crippen LogP contribution is 2.23. The molecule has 0 saturated carbocycles. The first-order valence-electron chi connectivity index (χ1n) is 7.51. The van der Waals surface area contributed by atoms with Crippen LogP contribution in [0.1, 0.15) is 0 Å². The van der Waals surface area contributed by atoms with Crippen molar-refractivity contribution in [2.24, 2.45) is 0 Å². The van der Waals surface area contributed by atoms with Crippen LogP contribution in [-0.2, 0) is 10.0 Å². The summed E-state index contributed by atoms with van der Waals surface area (Å²) < 4.78 is 27.2. The molecule has 0 aliphatic rings. The number of likely N-dealkylation sites (N-methyl/N-ethyl adjacent to an activating group) is 1. The third-order valence-corrected chi connectivity index (χ3v) is 5.20. The van der Waals surface area contributed by atoms with Crippen LogP contribution in [0.4, 0.5) is 5.69 Å². The Hall–Kier alpha value is -1.60. The van der Waals surface area contributed by atoms with Crippen LogP contribution in [-0.4, -0.2) is 46.8 Å². The fourth-order valence-corrected chi connectivity index (χ4v) is 3.91. The number of nitrogens with one attached hydrogen (secondary N) is 1. The molecule has 0 aliphatic carbocycles. The predicted octanol–water partition coefficient (Wildman–Crippen LogP) is -2.61. The van der Waals surface area contributed by atoms with E-state index in [0.29, 0.717) is 12.2 Å². The van der Waals surface area contributed by atoms with Gasteiger partial charge in [0.05, 0.1) is 31.2 Å². The van der Waals surface area contributed by atoms with Crippen molar-refractivity contribution in [3.8, 4) is 0 Å². The van der Waals surface area contributed by atoms with E-state index in [1.165, 1.54) is 4.31 Å². The van der Waals surface area contributed by atoms with Crippen LogP contribution < -0.4 is 21.6 Å². The average molecular weight is 371 g/mol. The molecule has 2 N–H and O–H groups in total. The lowest BCUT2D eigenvalue weighted by Gasteiger charge is -2.27. The van der Waals surface area contributed by atoms with Crippen molar-refractivity contribution in [3.63, 3.8) is 0 Å². The number of halogens is 1. The molecule has 0 radical (unpaired) electrons. The highest BCUT2D eigenvalue weighted by atomic mass is 35.5. The number of nitrogens with zero attached hydrogens (tertiary/aromatic N) is 1. The van der Waals surface area contributed by atoms with E-state index >= 15 is 0 Å². The molecule has 2 rings (SSSR count). The molecular formula is C17H23ClN2O3S. The lowest BCUT2D eigenvalue weighted by atomic mass is 10.3. The topological polar surface area (TPSA) is 62.1 Å². The van der Waals surface area contributed by atoms with Gasteiger partial charge >= 0.3 is 0 Å². The molecule has 0 spiro atoms. The van der Waals surface area contributed by atoms with Crippen LogP contribution in [0.2, 0.25) is 0 Å². The Balaban J connectivity index is 0.00000288. The normalized spacial score (nSPS) is 12.5. The van der Waals surface area contributed by atoms with Crippen LogP contribution in [0.5, 0.6) is 0 Å². The van der Waals surface area contributed by atoms with Gasteiger partial charge in [0, 0.05) is 0 Å². The third kappa shape index (κ3) is 5.21. The van der Waals surface area contributed by atoms with E-state index in [-0.39, 0.29) is 23.8 Å². The smallest absolute Gasteiger partial charge is 0.264 e. The Morgan fingerprint density at radius 2 is 1.50 bits per heavy atom. The molecule has 7 heteroatoms. The van der Waals surface area contributed by atoms with Crippen LogP contribution in [0, 0.1) is 0 Å². The summed E-state index contributed by atoms with van der Waals surface area (Å²) >= 11 is 0. The molecule has 132 valence electrons. The second-order valence-electron chi connectivity index (χ2n) is 5.75. The predicted molar refractivity (Wildman–Crippen MR) is 91.1 cm³/mol. The third-order valence-electron chi connectivity index (χ3n) is 3.40. The van der Waals surface area contributed by atoms with Gasteiger partial charge in [0.15, 0.2) is 0 Å². The second-order valence-corrected chi connectivity index (χ2v) is 7.61. The molecule has 0 saturated heterocycles. The van der Waals surface area contributed by atoms with Gasteiger partial charge in [0.2, 0.25) is 0 Å². The lowest BCUT2D eigenvalue weighted by Crippen LogP contribution is -3.07. The lowest BCUT2D eigenvalue weighted by molar-refractivity contribution is -0.861. The van der Waals surface area contributed by atoms with Crippen molar-refractivity contribution in [3.05, 3.63) is 60.7 Å². The number of quaternary nitrogens is 1. The Morgan fingerprint density at radius 3 is 2.00 bits per heavy atom. The molecule has 2 aromatic carbocycles. The number of para-hydroxylation sites is 1. The Bertz CT molecular complexity index is 709. The van der Waals surface area contributed by atoms with Gasteiger partial charge in [-0.15, -0.1) is 0 Å². The molecule has 1 unspecified atom stereocenters. The summed E-state index contributed by atoms with van der Waals surface area (Å²) in [6.45, 7) is 0.486. The fourth-order valence-electron chi connectivity index (χ4n) is 2.38. The van der Waals surface area contributed by atoms with Crippen LogP contribution in [0.3, 0.4) is 0 Å². The first kappa shape index (κ1) is 20.4. The molecule has 24 heavy (non-hydrogen) atoms. The van der Waals surface area contributed by atoms with Crippen molar-refractivity contribution >= 4 is 15.7 Å². The number of hydrogen-bond acceptors (Lipinski definition) is 3. The summed E-state index contributed by atoms with van der Waals surface area (Å²) in [6.07, 6.45) is -0.751. The van der Waals surface area contributed by atoms with E-state index in [1.54, 1.807) is 54.6 Å². The summed E-state index contributed by atoms with van der Waals surface area (Å²) in [5.41, 5.74) is 0.546. The molecule has 5 nitrogen and oxygen atoms in total. The zero-order chi connectivity index (χ0) is 16.9. The molecular weight excluding hydrogens is 348 g/mol. The molecule has 0 aromatic heterocycles. The van der Waals surface area contributed by atoms with Gasteiger partial charge in [-0.1, -0.05) is 36.4 Å². The minimum Gasteiger partial charge on any atom is -1.00 e. The maximum absolute atomic E-state index is 13.0. The number of anilines is 1. The van der Waals surface area contributed by atoms with E-state index in [9.17, 15) is 13.5 Å². The van der Waals surface area contributed by atoms with E-state index in [4.69, 9.17) is 0 Å². The minimum absolute atomic E-state index is 0. The summed E-state index contributed by atoms with van der Waals surface area (Å²) in [5, 5.41) is 10.2. The molecule has 0 amide bonds. The number of aliphatic hydroxyl groups is 1. The number of aliphatic hydroxyl groups excluding tert-OH is 1. The molecule has 0 bridgehead atoms. The minimum atomic E-state index is -3.72. The molecule has 0 fully saturated rings. The SMILES string of the molecule is C[NH+](C)CC(O)CN(c1ccccc1)S(=O)(=O)c1ccccc1.[Cl-]. The van der Waals surface area contributed by atoms with Crippen molar-refractivity contribution in [2.75, 3.05) is 31.5 Å². The van der Waals surface area contributed by atoms with Gasteiger partial charge in [-0.05, 0) is 24.3 Å². The van der Waals surface area contributed by atoms with Crippen molar-refractivity contribution in [2.45, 2.75) is 11.0 Å². The number of sulfonamides is 1. The highest BCUT2D eigenvalue weighted by Gasteiger charge is 2.27. The van der Waals surface area contributed by atoms with Gasteiger partial charge in [0.1, 0.15) is 12.6 Å². The molecule has 1 atom stereocenters. The largest absolute Gasteiger partial charge is 1.00 e. The number of rotatable bonds is 7. The Morgan fingerprint density at radius 1 is 1.00 bits per heavy atom. The second kappa shape index (κ2) is 9.03. The Kier molecular flexibility index (Phi) is 7.69. The van der Waals surface area contributed by atoms with E-state index in [0.717, 1.165) is 4.90 Å². The zero-order valence-corrected chi connectivity index (χ0v) is 15.3.